The minimum atomic E-state index is -0.167. The summed E-state index contributed by atoms with van der Waals surface area (Å²) in [6.45, 7) is 7.43. The van der Waals surface area contributed by atoms with Gasteiger partial charge in [0.25, 0.3) is 0 Å². The van der Waals surface area contributed by atoms with Gasteiger partial charge in [-0.05, 0) is 45.0 Å². The van der Waals surface area contributed by atoms with Gasteiger partial charge in [-0.1, -0.05) is 0 Å². The van der Waals surface area contributed by atoms with Crippen molar-refractivity contribution in [1.29, 1.82) is 0 Å². The third-order valence-electron chi connectivity index (χ3n) is 5.72. The highest BCUT2D eigenvalue weighted by Crippen LogP contribution is 2.45. The summed E-state index contributed by atoms with van der Waals surface area (Å²) in [5, 5.41) is 0. The number of carbonyl (C=O) groups excluding carboxylic acids is 1. The van der Waals surface area contributed by atoms with E-state index in [1.165, 1.54) is 0 Å². The molecule has 7 nitrogen and oxygen atoms in total. The number of carbonyl (C=O) groups is 1. The SMILES string of the molecule is COc1ccc(/C=C2\Oc3c(cc4c(c3C)OCN(C(C)C)C4)C2=O)c(OC)c1OC. The van der Waals surface area contributed by atoms with Gasteiger partial charge in [0.15, 0.2) is 17.3 Å². The number of allylic oxidation sites excluding steroid dienone is 1. The first-order chi connectivity index (χ1) is 14.9. The van der Waals surface area contributed by atoms with Crippen LogP contribution in [0.3, 0.4) is 0 Å². The highest BCUT2D eigenvalue weighted by atomic mass is 16.5. The Morgan fingerprint density at radius 1 is 1.06 bits per heavy atom. The second kappa shape index (κ2) is 8.15. The van der Waals surface area contributed by atoms with E-state index in [9.17, 15) is 4.79 Å². The summed E-state index contributed by atoms with van der Waals surface area (Å²) >= 11 is 0. The van der Waals surface area contributed by atoms with E-state index in [1.54, 1.807) is 39.5 Å². The largest absolute Gasteiger partial charge is 0.493 e. The molecular weight excluding hydrogens is 398 g/mol. The molecule has 7 heteroatoms. The van der Waals surface area contributed by atoms with Crippen LogP contribution in [0.5, 0.6) is 28.7 Å². The van der Waals surface area contributed by atoms with Gasteiger partial charge in [-0.25, -0.2) is 0 Å². The molecule has 0 bridgehead atoms. The van der Waals surface area contributed by atoms with Gasteiger partial charge in [0.2, 0.25) is 11.5 Å². The van der Waals surface area contributed by atoms with Crippen molar-refractivity contribution in [2.24, 2.45) is 0 Å². The van der Waals surface area contributed by atoms with Crippen molar-refractivity contribution in [1.82, 2.24) is 4.90 Å². The molecule has 2 aliphatic rings. The second-order valence-corrected chi connectivity index (χ2v) is 7.84. The quantitative estimate of drug-likeness (QED) is 0.665. The normalized spacial score (nSPS) is 16.6. The minimum Gasteiger partial charge on any atom is -0.493 e. The summed E-state index contributed by atoms with van der Waals surface area (Å²) in [5.41, 5.74) is 3.04. The zero-order valence-corrected chi connectivity index (χ0v) is 18.7. The highest BCUT2D eigenvalue weighted by molar-refractivity contribution is 6.15. The minimum absolute atomic E-state index is 0.167. The average molecular weight is 425 g/mol. The molecule has 164 valence electrons. The molecule has 0 fully saturated rings. The van der Waals surface area contributed by atoms with Crippen LogP contribution in [0.15, 0.2) is 24.0 Å². The number of hydrogen-bond acceptors (Lipinski definition) is 7. The Morgan fingerprint density at radius 3 is 2.45 bits per heavy atom. The maximum Gasteiger partial charge on any atom is 0.231 e. The van der Waals surface area contributed by atoms with Crippen molar-refractivity contribution in [3.8, 4) is 28.7 Å². The molecule has 0 atom stereocenters. The topological polar surface area (TPSA) is 66.5 Å². The van der Waals surface area contributed by atoms with Gasteiger partial charge < -0.3 is 23.7 Å². The maximum atomic E-state index is 13.2. The lowest BCUT2D eigenvalue weighted by molar-refractivity contribution is 0.0678. The number of methoxy groups -OCH3 is 3. The van der Waals surface area contributed by atoms with Crippen molar-refractivity contribution in [3.05, 3.63) is 46.2 Å². The summed E-state index contributed by atoms with van der Waals surface area (Å²) in [6, 6.07) is 5.80. The van der Waals surface area contributed by atoms with Crippen LogP contribution in [-0.2, 0) is 6.54 Å². The molecular formula is C24H27NO6. The average Bonchev–Trinajstić information content (AvgIpc) is 3.08. The van der Waals surface area contributed by atoms with Gasteiger partial charge in [-0.2, -0.15) is 0 Å². The van der Waals surface area contributed by atoms with Crippen molar-refractivity contribution < 1.29 is 28.5 Å². The summed E-state index contributed by atoms with van der Waals surface area (Å²) in [7, 11) is 4.64. The zero-order valence-electron chi connectivity index (χ0n) is 18.7. The summed E-state index contributed by atoms with van der Waals surface area (Å²) in [5.74, 6) is 2.87. The highest BCUT2D eigenvalue weighted by Gasteiger charge is 2.34. The Morgan fingerprint density at radius 2 is 1.81 bits per heavy atom. The Balaban J connectivity index is 1.74. The molecule has 2 aliphatic heterocycles. The predicted molar refractivity (Wildman–Crippen MR) is 116 cm³/mol. The molecule has 0 unspecified atom stereocenters. The fraction of sp³-hybridized carbons (Fsp3) is 0.375. The Kier molecular flexibility index (Phi) is 5.54. The molecule has 31 heavy (non-hydrogen) atoms. The van der Waals surface area contributed by atoms with E-state index in [1.807, 2.05) is 13.0 Å². The molecule has 2 aromatic rings. The number of rotatable bonds is 5. The fourth-order valence-corrected chi connectivity index (χ4v) is 3.98. The zero-order chi connectivity index (χ0) is 22.3. The van der Waals surface area contributed by atoms with E-state index in [-0.39, 0.29) is 11.5 Å². The number of fused-ring (bicyclic) bond motifs is 2. The molecule has 0 aliphatic carbocycles. The number of benzene rings is 2. The van der Waals surface area contributed by atoms with Crippen molar-refractivity contribution in [2.75, 3.05) is 28.1 Å². The molecule has 0 spiro atoms. The number of ether oxygens (including phenoxy) is 5. The third-order valence-corrected chi connectivity index (χ3v) is 5.72. The lowest BCUT2D eigenvalue weighted by atomic mass is 9.99. The van der Waals surface area contributed by atoms with Crippen molar-refractivity contribution in [3.63, 3.8) is 0 Å². The lowest BCUT2D eigenvalue weighted by Crippen LogP contribution is -2.37. The van der Waals surface area contributed by atoms with Crippen molar-refractivity contribution >= 4 is 11.9 Å². The van der Waals surface area contributed by atoms with Crippen LogP contribution in [0.25, 0.3) is 6.08 Å². The van der Waals surface area contributed by atoms with Gasteiger partial charge in [0.05, 0.1) is 26.9 Å². The first kappa shape index (κ1) is 21.1. The van der Waals surface area contributed by atoms with E-state index < -0.39 is 0 Å². The second-order valence-electron chi connectivity index (χ2n) is 7.84. The smallest absolute Gasteiger partial charge is 0.231 e. The molecule has 0 amide bonds. The van der Waals surface area contributed by atoms with Crippen LogP contribution in [0.2, 0.25) is 0 Å². The Hall–Kier alpha value is -3.19. The van der Waals surface area contributed by atoms with E-state index in [2.05, 4.69) is 18.7 Å². The molecule has 0 aromatic heterocycles. The van der Waals surface area contributed by atoms with Gasteiger partial charge >= 0.3 is 0 Å². The van der Waals surface area contributed by atoms with Gasteiger partial charge in [-0.3, -0.25) is 9.69 Å². The third kappa shape index (κ3) is 3.49. The molecule has 0 N–H and O–H groups in total. The first-order valence-corrected chi connectivity index (χ1v) is 10.2. The lowest BCUT2D eigenvalue weighted by Gasteiger charge is -2.32. The van der Waals surface area contributed by atoms with Gasteiger partial charge in [-0.15, -0.1) is 0 Å². The maximum absolute atomic E-state index is 13.2. The van der Waals surface area contributed by atoms with Crippen LogP contribution in [-0.4, -0.2) is 44.8 Å². The number of hydrogen-bond donors (Lipinski definition) is 0. The van der Waals surface area contributed by atoms with Crippen molar-refractivity contribution in [2.45, 2.75) is 33.4 Å². The van der Waals surface area contributed by atoms with E-state index >= 15 is 0 Å². The van der Waals surface area contributed by atoms with E-state index in [4.69, 9.17) is 23.7 Å². The first-order valence-electron chi connectivity index (χ1n) is 10.2. The van der Waals surface area contributed by atoms with E-state index in [0.29, 0.717) is 46.9 Å². The summed E-state index contributed by atoms with van der Waals surface area (Å²) < 4.78 is 28.3. The number of ketones is 1. The van der Waals surface area contributed by atoms with Crippen LogP contribution in [0.4, 0.5) is 0 Å². The summed E-state index contributed by atoms with van der Waals surface area (Å²) in [4.78, 5) is 15.4. The number of Topliss-reactive ketones (excluding diaryl/α,β-unsaturated/α-hetero) is 1. The summed E-state index contributed by atoms with van der Waals surface area (Å²) in [6.07, 6.45) is 1.67. The molecule has 0 radical (unpaired) electrons. The molecule has 2 heterocycles. The molecule has 2 aromatic carbocycles. The van der Waals surface area contributed by atoms with Crippen LogP contribution >= 0.6 is 0 Å². The van der Waals surface area contributed by atoms with Gasteiger partial charge in [0, 0.05) is 29.3 Å². The fourth-order valence-electron chi connectivity index (χ4n) is 3.98. The van der Waals surface area contributed by atoms with Crippen LogP contribution < -0.4 is 23.7 Å². The molecule has 4 rings (SSSR count). The molecule has 0 saturated heterocycles. The Bertz CT molecular complexity index is 1070. The Labute approximate surface area is 182 Å². The van der Waals surface area contributed by atoms with E-state index in [0.717, 1.165) is 23.4 Å². The molecule has 0 saturated carbocycles. The monoisotopic (exact) mass is 425 g/mol. The van der Waals surface area contributed by atoms with Crippen LogP contribution in [0.1, 0.15) is 40.9 Å². The number of nitrogens with zero attached hydrogens (tertiary/aromatic N) is 1. The van der Waals surface area contributed by atoms with Gasteiger partial charge in [0.1, 0.15) is 18.2 Å². The predicted octanol–water partition coefficient (Wildman–Crippen LogP) is 4.20. The standard InChI is InChI=1S/C24H27NO6/c1-13(2)25-11-16-9-17-20(26)19(31-22(17)14(3)21(16)30-12-25)10-15-7-8-18(27-4)24(29-6)23(15)28-5/h7-10,13H,11-12H2,1-6H3/b19-10-. The van der Waals surface area contributed by atoms with Crippen LogP contribution in [0, 0.1) is 6.92 Å².